The summed E-state index contributed by atoms with van der Waals surface area (Å²) >= 11 is 6.39. The van der Waals surface area contributed by atoms with Gasteiger partial charge in [0.2, 0.25) is 11.7 Å². The molecular weight excluding hydrogens is 584 g/mol. The van der Waals surface area contributed by atoms with Crippen molar-refractivity contribution in [3.63, 3.8) is 0 Å². The molecule has 0 unspecified atom stereocenters. The number of fused-ring (bicyclic) bond motifs is 2. The number of phenols is 1. The molecule has 4 aromatic rings. The highest BCUT2D eigenvalue weighted by atomic mass is 35.5. The van der Waals surface area contributed by atoms with Crippen LogP contribution < -0.4 is 15.8 Å². The van der Waals surface area contributed by atoms with Crippen molar-refractivity contribution in [1.29, 1.82) is 0 Å². The molecule has 11 nitrogen and oxygen atoms in total. The summed E-state index contributed by atoms with van der Waals surface area (Å²) < 4.78 is 32.6. The molecule has 43 heavy (non-hydrogen) atoms. The van der Waals surface area contributed by atoms with Crippen molar-refractivity contribution in [1.82, 2.24) is 24.0 Å². The Balaban J connectivity index is 1.38. The molecule has 1 amide bonds. The fourth-order valence-electron chi connectivity index (χ4n) is 5.88. The second kappa shape index (κ2) is 11.0. The minimum atomic E-state index is -1.62. The van der Waals surface area contributed by atoms with E-state index in [1.165, 1.54) is 21.5 Å². The van der Waals surface area contributed by atoms with E-state index in [9.17, 15) is 23.9 Å². The van der Waals surface area contributed by atoms with E-state index >= 15 is 4.39 Å². The standard InChI is InChI=1S/C29H28ClF2N7O4/c1-15-11-36(2)6-7-38(15)22-9-20(19(30)10-33-22)34-23(41)13-37-12-18(17-8-16(14-40)27(42)26(32)25(17)31)24-28(37)35-21-4-3-5-39(21)29(24)43/h8-10,12,14-15,42H,3-7,11,13H2,1-2H3,(H,33,34,41)/t15-/m0/s1. The summed E-state index contributed by atoms with van der Waals surface area (Å²) in [6.45, 7) is 4.62. The molecule has 3 aromatic heterocycles. The maximum absolute atomic E-state index is 15.1. The molecule has 0 spiro atoms. The second-order valence-corrected chi connectivity index (χ2v) is 11.3. The number of hydrogen-bond donors (Lipinski definition) is 2. The summed E-state index contributed by atoms with van der Waals surface area (Å²) in [5.41, 5.74) is -0.987. The van der Waals surface area contributed by atoms with Crippen LogP contribution in [0, 0.1) is 11.6 Å². The molecule has 1 saturated heterocycles. The van der Waals surface area contributed by atoms with E-state index in [0.29, 0.717) is 36.7 Å². The summed E-state index contributed by atoms with van der Waals surface area (Å²) in [5, 5.41) is 12.8. The van der Waals surface area contributed by atoms with E-state index in [2.05, 4.69) is 39.1 Å². The molecular formula is C29H28ClF2N7O4. The van der Waals surface area contributed by atoms with Crippen LogP contribution in [0.1, 0.15) is 29.5 Å². The third-order valence-corrected chi connectivity index (χ3v) is 8.32. The van der Waals surface area contributed by atoms with E-state index in [4.69, 9.17) is 11.6 Å². The molecule has 0 saturated carbocycles. The number of anilines is 2. The van der Waals surface area contributed by atoms with Gasteiger partial charge >= 0.3 is 0 Å². The number of phenolic OH excluding ortho intramolecular Hbond substituents is 1. The van der Waals surface area contributed by atoms with Gasteiger partial charge in [0.1, 0.15) is 23.8 Å². The van der Waals surface area contributed by atoms with Crippen LogP contribution >= 0.6 is 11.6 Å². The first-order valence-electron chi connectivity index (χ1n) is 13.8. The fraction of sp³-hybridized carbons (Fsp3) is 0.345. The topological polar surface area (TPSA) is 126 Å². The maximum Gasteiger partial charge on any atom is 0.263 e. The Morgan fingerprint density at radius 1 is 1.21 bits per heavy atom. The number of nitrogens with zero attached hydrogens (tertiary/aromatic N) is 6. The predicted molar refractivity (Wildman–Crippen MR) is 157 cm³/mol. The number of amides is 1. The minimum Gasteiger partial charge on any atom is -0.504 e. The van der Waals surface area contributed by atoms with E-state index in [0.717, 1.165) is 25.7 Å². The van der Waals surface area contributed by atoms with E-state index in [1.54, 1.807) is 6.07 Å². The monoisotopic (exact) mass is 611 g/mol. The highest BCUT2D eigenvalue weighted by molar-refractivity contribution is 6.33. The molecule has 0 bridgehead atoms. The first-order chi connectivity index (χ1) is 20.6. The number of halogens is 3. The van der Waals surface area contributed by atoms with Gasteiger partial charge in [-0.2, -0.15) is 4.39 Å². The van der Waals surface area contributed by atoms with Gasteiger partial charge in [-0.1, -0.05) is 11.6 Å². The van der Waals surface area contributed by atoms with Crippen molar-refractivity contribution >= 4 is 46.3 Å². The smallest absolute Gasteiger partial charge is 0.263 e. The Morgan fingerprint density at radius 3 is 2.74 bits per heavy atom. The number of likely N-dealkylation sites (N-methyl/N-ethyl adjacent to an activating group) is 1. The van der Waals surface area contributed by atoms with Crippen molar-refractivity contribution in [3.05, 3.63) is 62.9 Å². The van der Waals surface area contributed by atoms with Crippen molar-refractivity contribution in [2.24, 2.45) is 0 Å². The Morgan fingerprint density at radius 2 is 2.00 bits per heavy atom. The van der Waals surface area contributed by atoms with Gasteiger partial charge in [-0.3, -0.25) is 19.0 Å². The number of piperazine rings is 1. The lowest BCUT2D eigenvalue weighted by Crippen LogP contribution is -2.50. The summed E-state index contributed by atoms with van der Waals surface area (Å²) in [5.74, 6) is -3.53. The zero-order valence-corrected chi connectivity index (χ0v) is 24.2. The van der Waals surface area contributed by atoms with Gasteiger partial charge in [0.05, 0.1) is 27.9 Å². The number of hydrogen-bond acceptors (Lipinski definition) is 8. The molecule has 14 heteroatoms. The Labute approximate surface area is 249 Å². The summed E-state index contributed by atoms with van der Waals surface area (Å²) in [6.07, 6.45) is 4.20. The zero-order valence-electron chi connectivity index (χ0n) is 23.4. The Hall–Kier alpha value is -4.36. The average molecular weight is 612 g/mol. The van der Waals surface area contributed by atoms with Crippen LogP contribution in [0.15, 0.2) is 29.3 Å². The first kappa shape index (κ1) is 28.7. The summed E-state index contributed by atoms with van der Waals surface area (Å²) in [4.78, 5) is 51.8. The van der Waals surface area contributed by atoms with Crippen LogP contribution in [0.5, 0.6) is 5.75 Å². The Bertz CT molecular complexity index is 1860. The van der Waals surface area contributed by atoms with Gasteiger partial charge in [-0.25, -0.2) is 14.4 Å². The number of aldehydes is 1. The highest BCUT2D eigenvalue weighted by Gasteiger charge is 2.28. The van der Waals surface area contributed by atoms with Crippen molar-refractivity contribution in [2.75, 3.05) is 36.9 Å². The van der Waals surface area contributed by atoms with E-state index in [1.807, 2.05) is 0 Å². The van der Waals surface area contributed by atoms with Gasteiger partial charge in [0.25, 0.3) is 5.56 Å². The van der Waals surface area contributed by atoms with Crippen LogP contribution in [0.25, 0.3) is 22.2 Å². The molecule has 0 radical (unpaired) electrons. The number of rotatable bonds is 6. The average Bonchev–Trinajstić information content (AvgIpc) is 3.59. The van der Waals surface area contributed by atoms with Gasteiger partial charge in [-0.15, -0.1) is 0 Å². The number of aromatic hydroxyl groups is 1. The number of carbonyl (C=O) groups excluding carboxylic acids is 2. The lowest BCUT2D eigenvalue weighted by atomic mass is 10.0. The second-order valence-electron chi connectivity index (χ2n) is 10.9. The number of pyridine rings is 1. The van der Waals surface area contributed by atoms with Gasteiger partial charge in [0, 0.05) is 62.0 Å². The number of nitrogens with one attached hydrogen (secondary N) is 1. The molecule has 1 aromatic carbocycles. The van der Waals surface area contributed by atoms with Crippen LogP contribution in [0.3, 0.4) is 0 Å². The van der Waals surface area contributed by atoms with Gasteiger partial charge in [-0.05, 0) is 26.5 Å². The van der Waals surface area contributed by atoms with Gasteiger partial charge in [0.15, 0.2) is 17.9 Å². The molecule has 0 aliphatic carbocycles. The first-order valence-corrected chi connectivity index (χ1v) is 14.1. The van der Waals surface area contributed by atoms with Crippen molar-refractivity contribution in [2.45, 2.75) is 38.9 Å². The molecule has 1 atom stereocenters. The molecule has 5 heterocycles. The third-order valence-electron chi connectivity index (χ3n) is 8.02. The maximum atomic E-state index is 15.1. The molecule has 2 aliphatic rings. The zero-order chi connectivity index (χ0) is 30.6. The van der Waals surface area contributed by atoms with Crippen LogP contribution in [0.2, 0.25) is 5.02 Å². The Kier molecular flexibility index (Phi) is 7.38. The van der Waals surface area contributed by atoms with E-state index < -0.39 is 40.0 Å². The van der Waals surface area contributed by atoms with Gasteiger partial charge < -0.3 is 24.8 Å². The van der Waals surface area contributed by atoms with Crippen molar-refractivity contribution < 1.29 is 23.5 Å². The number of aryl methyl sites for hydroxylation is 1. The molecule has 2 N–H and O–H groups in total. The minimum absolute atomic E-state index is 0.0347. The molecule has 2 aliphatic heterocycles. The van der Waals surface area contributed by atoms with E-state index in [-0.39, 0.29) is 40.5 Å². The fourth-order valence-corrected chi connectivity index (χ4v) is 6.03. The predicted octanol–water partition coefficient (Wildman–Crippen LogP) is 3.43. The SMILES string of the molecule is C[C@H]1CN(C)CCN1c1cc(NC(=O)Cn2cc(-c3cc(C=O)c(O)c(F)c3F)c3c(=O)n4c(nc32)CCC4)c(Cl)cn1. The van der Waals surface area contributed by atoms with Crippen molar-refractivity contribution in [3.8, 4) is 16.9 Å². The third kappa shape index (κ3) is 5.01. The number of carbonyl (C=O) groups is 2. The molecule has 1 fully saturated rings. The number of aromatic nitrogens is 4. The number of benzene rings is 1. The van der Waals surface area contributed by atoms with Crippen LogP contribution in [-0.2, 0) is 24.3 Å². The summed E-state index contributed by atoms with van der Waals surface area (Å²) in [7, 11) is 2.05. The lowest BCUT2D eigenvalue weighted by Gasteiger charge is -2.39. The molecule has 6 rings (SSSR count). The lowest BCUT2D eigenvalue weighted by molar-refractivity contribution is -0.116. The highest BCUT2D eigenvalue weighted by Crippen LogP contribution is 2.36. The normalized spacial score (nSPS) is 17.0. The largest absolute Gasteiger partial charge is 0.504 e. The molecule has 224 valence electrons. The van der Waals surface area contributed by atoms with Crippen LogP contribution in [0.4, 0.5) is 20.3 Å². The summed E-state index contributed by atoms with van der Waals surface area (Å²) in [6, 6.07) is 2.86. The quantitative estimate of drug-likeness (QED) is 0.318. The van der Waals surface area contributed by atoms with Crippen LogP contribution in [-0.4, -0.2) is 74.0 Å².